The molecule has 48 heavy (non-hydrogen) atoms. The van der Waals surface area contributed by atoms with Crippen LogP contribution in [-0.4, -0.2) is 99.2 Å². The van der Waals surface area contributed by atoms with Gasteiger partial charge in [-0.05, 0) is 83.6 Å². The number of hydrogen-bond acceptors (Lipinski definition) is 9. The molecule has 0 bridgehead atoms. The fourth-order valence-electron chi connectivity index (χ4n) is 5.45. The van der Waals surface area contributed by atoms with E-state index in [-0.39, 0.29) is 26.4 Å². The van der Waals surface area contributed by atoms with E-state index < -0.39 is 0 Å². The molecule has 0 heterocycles. The second-order valence-electron chi connectivity index (χ2n) is 11.4. The van der Waals surface area contributed by atoms with Crippen molar-refractivity contribution >= 4 is 28.7 Å². The summed E-state index contributed by atoms with van der Waals surface area (Å²) in [5.41, 5.74) is 19.3. The second-order valence-corrected chi connectivity index (χ2v) is 11.8. The summed E-state index contributed by atoms with van der Waals surface area (Å²) in [4.78, 5) is 6.12. The molecular weight excluding hydrogens is 626 g/mol. The largest absolute Gasteiger partial charge is 0.395 e. The molecule has 0 aliphatic rings. The van der Waals surface area contributed by atoms with E-state index in [2.05, 4.69) is 65.6 Å². The van der Waals surface area contributed by atoms with Gasteiger partial charge in [-0.3, -0.25) is 0 Å². The van der Waals surface area contributed by atoms with Crippen LogP contribution in [0.3, 0.4) is 0 Å². The number of benzene rings is 4. The lowest BCUT2D eigenvalue weighted by atomic mass is 10.0. The average molecular weight is 678 g/mol. The molecule has 0 atom stereocenters. The molecule has 10 heteroatoms. The van der Waals surface area contributed by atoms with Gasteiger partial charge in [0.05, 0.1) is 26.4 Å². The lowest BCUT2D eigenvalue weighted by Crippen LogP contribution is -2.33. The Morgan fingerprint density at radius 2 is 0.646 bits per heavy atom. The van der Waals surface area contributed by atoms with Crippen molar-refractivity contribution in [2.75, 3.05) is 93.5 Å². The zero-order chi connectivity index (χ0) is 34.6. The minimum Gasteiger partial charge on any atom is -0.395 e. The van der Waals surface area contributed by atoms with Crippen LogP contribution in [-0.2, 0) is 12.8 Å². The van der Waals surface area contributed by atoms with Crippen LogP contribution in [0.4, 0.5) is 17.1 Å². The molecule has 260 valence electrons. The lowest BCUT2D eigenvalue weighted by molar-refractivity contribution is 0.280. The number of halogens is 1. The number of anilines is 3. The summed E-state index contributed by atoms with van der Waals surface area (Å²) < 4.78 is 0. The Morgan fingerprint density at radius 3 is 0.896 bits per heavy atom. The maximum Gasteiger partial charge on any atom is 0.0606 e. The third kappa shape index (κ3) is 13.1. The lowest BCUT2D eigenvalue weighted by Gasteiger charge is -2.23. The first-order valence-electron chi connectivity index (χ1n) is 16.5. The van der Waals surface area contributed by atoms with E-state index in [1.54, 1.807) is 0 Å². The average Bonchev–Trinajstić information content (AvgIpc) is 3.10. The van der Waals surface area contributed by atoms with Crippen LogP contribution in [0.2, 0.25) is 5.02 Å². The highest BCUT2D eigenvalue weighted by molar-refractivity contribution is 6.30. The first-order valence-corrected chi connectivity index (χ1v) is 16.9. The van der Waals surface area contributed by atoms with E-state index in [4.69, 9.17) is 43.5 Å². The Morgan fingerprint density at radius 1 is 0.396 bits per heavy atom. The van der Waals surface area contributed by atoms with Gasteiger partial charge in [0.2, 0.25) is 0 Å². The number of nitrogens with zero attached hydrogens (tertiary/aromatic N) is 3. The molecule has 0 unspecified atom stereocenters. The molecule has 8 N–H and O–H groups in total. The summed E-state index contributed by atoms with van der Waals surface area (Å²) in [5, 5.41) is 37.4. The number of aliphatic hydroxyl groups excluding tert-OH is 4. The Labute approximate surface area is 290 Å². The van der Waals surface area contributed by atoms with Crippen LogP contribution in [0.1, 0.15) is 22.3 Å². The molecule has 9 nitrogen and oxygen atoms in total. The number of hydrogen-bond donors (Lipinski definition) is 6. The standard InChI is InChI=1S/C21H30N2O4.C17H22ClN3/c24-13-9-22(10-14-25)20-5-1-18(2-6-20)17-19-3-7-21(8-4-19)23(11-15-26)12-16-27;18-16-5-1-14(2-6-16)13-15-3-7-17(8-4-15)21(11-9-19)12-10-20/h1-8,24-27H,9-17H2;1-8H,9-13,19-20H2. The van der Waals surface area contributed by atoms with Crippen LogP contribution >= 0.6 is 11.6 Å². The van der Waals surface area contributed by atoms with Crippen molar-refractivity contribution in [3.8, 4) is 0 Å². The Kier molecular flexibility index (Phi) is 17.8. The molecular formula is C38H52ClN5O4. The van der Waals surface area contributed by atoms with Gasteiger partial charge in [0, 0.05) is 74.4 Å². The molecule has 0 aliphatic heterocycles. The molecule has 0 saturated carbocycles. The van der Waals surface area contributed by atoms with Gasteiger partial charge in [0.15, 0.2) is 0 Å². The molecule has 0 aromatic heterocycles. The Bertz CT molecular complexity index is 1330. The smallest absolute Gasteiger partial charge is 0.0606 e. The highest BCUT2D eigenvalue weighted by atomic mass is 35.5. The number of aliphatic hydroxyl groups is 4. The van der Waals surface area contributed by atoms with Crippen molar-refractivity contribution in [2.24, 2.45) is 11.5 Å². The number of nitrogens with two attached hydrogens (primary N) is 2. The molecule has 0 saturated heterocycles. The van der Waals surface area contributed by atoms with Crippen molar-refractivity contribution in [1.29, 1.82) is 0 Å². The van der Waals surface area contributed by atoms with Crippen molar-refractivity contribution in [3.63, 3.8) is 0 Å². The van der Waals surface area contributed by atoms with E-state index in [9.17, 15) is 0 Å². The molecule has 4 aromatic carbocycles. The van der Waals surface area contributed by atoms with Crippen LogP contribution in [0.25, 0.3) is 0 Å². The first kappa shape index (κ1) is 38.8. The predicted molar refractivity (Wildman–Crippen MR) is 199 cm³/mol. The molecule has 4 rings (SSSR count). The van der Waals surface area contributed by atoms with Crippen LogP contribution < -0.4 is 26.2 Å². The Hall–Kier alpha value is -3.67. The van der Waals surface area contributed by atoms with Crippen LogP contribution in [0.5, 0.6) is 0 Å². The van der Waals surface area contributed by atoms with Crippen molar-refractivity contribution in [3.05, 3.63) is 124 Å². The normalized spacial score (nSPS) is 10.7. The van der Waals surface area contributed by atoms with Gasteiger partial charge in [-0.25, -0.2) is 0 Å². The Balaban J connectivity index is 0.000000269. The van der Waals surface area contributed by atoms with E-state index in [0.717, 1.165) is 42.3 Å². The monoisotopic (exact) mass is 677 g/mol. The summed E-state index contributed by atoms with van der Waals surface area (Å²) in [6.45, 7) is 5.13. The maximum absolute atomic E-state index is 9.15. The van der Waals surface area contributed by atoms with E-state index >= 15 is 0 Å². The fourth-order valence-corrected chi connectivity index (χ4v) is 5.58. The summed E-state index contributed by atoms with van der Waals surface area (Å²) in [5.74, 6) is 0. The summed E-state index contributed by atoms with van der Waals surface area (Å²) in [7, 11) is 0. The van der Waals surface area contributed by atoms with Gasteiger partial charge in [0.25, 0.3) is 0 Å². The van der Waals surface area contributed by atoms with Gasteiger partial charge >= 0.3 is 0 Å². The quantitative estimate of drug-likeness (QED) is 0.0879. The molecule has 0 amide bonds. The molecule has 0 spiro atoms. The van der Waals surface area contributed by atoms with Gasteiger partial charge < -0.3 is 46.6 Å². The molecule has 0 aliphatic carbocycles. The first-order chi connectivity index (χ1) is 23.4. The minimum atomic E-state index is 0.0533. The van der Waals surface area contributed by atoms with Gasteiger partial charge in [-0.15, -0.1) is 0 Å². The molecule has 4 aromatic rings. The zero-order valence-corrected chi connectivity index (χ0v) is 28.6. The van der Waals surface area contributed by atoms with Crippen LogP contribution in [0.15, 0.2) is 97.1 Å². The van der Waals surface area contributed by atoms with Gasteiger partial charge in [0.1, 0.15) is 0 Å². The van der Waals surface area contributed by atoms with E-state index in [1.165, 1.54) is 27.9 Å². The zero-order valence-electron chi connectivity index (χ0n) is 27.8. The van der Waals surface area contributed by atoms with E-state index in [1.807, 2.05) is 46.2 Å². The third-order valence-electron chi connectivity index (χ3n) is 7.91. The summed E-state index contributed by atoms with van der Waals surface area (Å²) >= 11 is 5.90. The van der Waals surface area contributed by atoms with Crippen LogP contribution in [0, 0.1) is 0 Å². The van der Waals surface area contributed by atoms with Gasteiger partial charge in [-0.2, -0.15) is 0 Å². The van der Waals surface area contributed by atoms with Gasteiger partial charge in [-0.1, -0.05) is 60.1 Å². The molecule has 0 fully saturated rings. The van der Waals surface area contributed by atoms with E-state index in [0.29, 0.717) is 39.3 Å². The van der Waals surface area contributed by atoms with Crippen molar-refractivity contribution in [2.45, 2.75) is 12.8 Å². The fraction of sp³-hybridized carbons (Fsp3) is 0.368. The topological polar surface area (TPSA) is 143 Å². The van der Waals surface area contributed by atoms with Crippen molar-refractivity contribution < 1.29 is 20.4 Å². The van der Waals surface area contributed by atoms with Crippen molar-refractivity contribution in [1.82, 2.24) is 0 Å². The molecule has 0 radical (unpaired) electrons. The number of rotatable bonds is 19. The summed E-state index contributed by atoms with van der Waals surface area (Å²) in [6.07, 6.45) is 1.71. The third-order valence-corrected chi connectivity index (χ3v) is 8.16. The second kappa shape index (κ2) is 22.1. The minimum absolute atomic E-state index is 0.0533. The SMILES string of the molecule is NCCN(CCN)c1ccc(Cc2ccc(Cl)cc2)cc1.OCCN(CCO)c1ccc(Cc2ccc(N(CCO)CCO)cc2)cc1. The predicted octanol–water partition coefficient (Wildman–Crippen LogP) is 3.51. The highest BCUT2D eigenvalue weighted by Gasteiger charge is 2.08. The summed E-state index contributed by atoms with van der Waals surface area (Å²) in [6, 6.07) is 32.9. The highest BCUT2D eigenvalue weighted by Crippen LogP contribution is 2.21. The maximum atomic E-state index is 9.15.